The second kappa shape index (κ2) is 12.7. The Bertz CT molecular complexity index is 1560. The molecule has 1 amide bonds. The van der Waals surface area contributed by atoms with Crippen LogP contribution >= 0.6 is 0 Å². The van der Waals surface area contributed by atoms with E-state index in [0.717, 1.165) is 12.3 Å². The first kappa shape index (κ1) is 30.0. The molecule has 42 heavy (non-hydrogen) atoms. The number of H-pyrrole nitrogens is 1. The van der Waals surface area contributed by atoms with E-state index in [1.165, 1.54) is 17.0 Å². The Kier molecular flexibility index (Phi) is 9.09. The molecule has 0 bridgehead atoms. The van der Waals surface area contributed by atoms with Crippen LogP contribution < -0.4 is 10.3 Å². The third-order valence-corrected chi connectivity index (χ3v) is 6.62. The zero-order valence-electron chi connectivity index (χ0n) is 23.2. The van der Waals surface area contributed by atoms with E-state index in [0.29, 0.717) is 17.5 Å². The molecule has 2 aromatic carbocycles. The van der Waals surface area contributed by atoms with E-state index in [4.69, 9.17) is 14.2 Å². The lowest BCUT2D eigenvalue weighted by atomic mass is 10.0. The van der Waals surface area contributed by atoms with Gasteiger partial charge in [-0.3, -0.25) is 4.79 Å². The predicted molar refractivity (Wildman–Crippen MR) is 148 cm³/mol. The highest BCUT2D eigenvalue weighted by molar-refractivity contribution is 5.95. The number of aromatic carboxylic acids is 1. The Morgan fingerprint density at radius 2 is 1.69 bits per heavy atom. The van der Waals surface area contributed by atoms with Crippen molar-refractivity contribution in [3.8, 4) is 0 Å². The van der Waals surface area contributed by atoms with E-state index in [2.05, 4.69) is 4.98 Å². The summed E-state index contributed by atoms with van der Waals surface area (Å²) in [6, 6.07) is 8.88. The number of anilines is 1. The maximum atomic E-state index is 15.4. The molecule has 1 aliphatic heterocycles. The van der Waals surface area contributed by atoms with Gasteiger partial charge in [-0.15, -0.1) is 0 Å². The molecule has 0 radical (unpaired) electrons. The van der Waals surface area contributed by atoms with E-state index < -0.39 is 53.2 Å². The molecular formula is C29H30FN3O9. The number of amides is 1. The summed E-state index contributed by atoms with van der Waals surface area (Å²) in [5, 5.41) is 9.18. The van der Waals surface area contributed by atoms with Crippen molar-refractivity contribution in [3.63, 3.8) is 0 Å². The molecule has 2 heterocycles. The monoisotopic (exact) mass is 583 g/mol. The van der Waals surface area contributed by atoms with Gasteiger partial charge in [-0.25, -0.2) is 23.6 Å². The minimum absolute atomic E-state index is 0.0698. The van der Waals surface area contributed by atoms with Crippen LogP contribution in [0.4, 0.5) is 14.9 Å². The topological polar surface area (TPSA) is 156 Å². The maximum Gasteiger partial charge on any atom is 0.413 e. The number of piperazine rings is 1. The number of nitrogens with one attached hydrogen (secondary N) is 1. The molecule has 3 aromatic rings. The first-order valence-electron chi connectivity index (χ1n) is 13.3. The number of rotatable bonds is 8. The molecule has 2 N–H and O–H groups in total. The summed E-state index contributed by atoms with van der Waals surface area (Å²) in [7, 11) is 0. The van der Waals surface area contributed by atoms with Crippen molar-refractivity contribution in [2.75, 3.05) is 31.1 Å². The van der Waals surface area contributed by atoms with Crippen LogP contribution in [-0.4, -0.2) is 77.6 Å². The molecule has 1 unspecified atom stereocenters. The summed E-state index contributed by atoms with van der Waals surface area (Å²) < 4.78 is 30.9. The molecule has 13 heteroatoms. The normalized spacial score (nSPS) is 14.0. The number of hydrogen-bond acceptors (Lipinski definition) is 9. The van der Waals surface area contributed by atoms with Gasteiger partial charge in [-0.2, -0.15) is 0 Å². The van der Waals surface area contributed by atoms with Crippen molar-refractivity contribution in [1.82, 2.24) is 9.88 Å². The van der Waals surface area contributed by atoms with E-state index >= 15 is 4.39 Å². The maximum absolute atomic E-state index is 15.4. The molecule has 4 rings (SSSR count). The molecule has 1 saturated heterocycles. The average molecular weight is 584 g/mol. The highest BCUT2D eigenvalue weighted by Crippen LogP contribution is 2.31. The third kappa shape index (κ3) is 6.35. The average Bonchev–Trinajstić information content (AvgIpc) is 2.96. The number of aromatic amines is 1. The number of halogens is 1. The molecule has 1 aliphatic rings. The first-order chi connectivity index (χ1) is 20.0. The molecule has 1 fully saturated rings. The predicted octanol–water partition coefficient (Wildman–Crippen LogP) is 3.32. The van der Waals surface area contributed by atoms with Gasteiger partial charge in [0.05, 0.1) is 22.9 Å². The van der Waals surface area contributed by atoms with Crippen molar-refractivity contribution in [2.45, 2.75) is 39.6 Å². The number of benzene rings is 2. The van der Waals surface area contributed by atoms with Crippen LogP contribution in [0.5, 0.6) is 0 Å². The van der Waals surface area contributed by atoms with E-state index in [-0.39, 0.29) is 42.8 Å². The Morgan fingerprint density at radius 3 is 2.29 bits per heavy atom. The Balaban J connectivity index is 1.50. The van der Waals surface area contributed by atoms with Crippen LogP contribution in [0.1, 0.15) is 47.1 Å². The van der Waals surface area contributed by atoms with Crippen LogP contribution in [0.3, 0.4) is 0 Å². The van der Waals surface area contributed by atoms with Gasteiger partial charge in [0.15, 0.2) is 0 Å². The lowest BCUT2D eigenvalue weighted by Crippen LogP contribution is -2.51. The highest BCUT2D eigenvalue weighted by Gasteiger charge is 2.34. The number of carbonyl (C=O) groups excluding carboxylic acids is 3. The van der Waals surface area contributed by atoms with Crippen LogP contribution in [0.2, 0.25) is 0 Å². The number of carbonyl (C=O) groups is 4. The number of aryl methyl sites for hydroxylation is 1. The van der Waals surface area contributed by atoms with Gasteiger partial charge in [0.25, 0.3) is 0 Å². The van der Waals surface area contributed by atoms with Crippen molar-refractivity contribution >= 4 is 40.6 Å². The summed E-state index contributed by atoms with van der Waals surface area (Å²) in [5.74, 6) is -4.05. The minimum atomic E-state index is -1.94. The molecular weight excluding hydrogens is 553 g/mol. The van der Waals surface area contributed by atoms with Gasteiger partial charge in [0.2, 0.25) is 5.43 Å². The smallest absolute Gasteiger partial charge is 0.413 e. The Labute approximate surface area is 239 Å². The molecule has 12 nitrogen and oxygen atoms in total. The fourth-order valence-corrected chi connectivity index (χ4v) is 4.66. The number of carboxylic acids is 1. The zero-order chi connectivity index (χ0) is 30.6. The second-order valence-electron chi connectivity index (χ2n) is 9.75. The number of aromatic nitrogens is 1. The highest BCUT2D eigenvalue weighted by atomic mass is 19.1. The lowest BCUT2D eigenvalue weighted by molar-refractivity contribution is -0.179. The number of esters is 2. The number of nitrogens with zero attached hydrogens (tertiary/aromatic N) is 2. The fraction of sp³-hybridized carbons (Fsp3) is 0.345. The summed E-state index contributed by atoms with van der Waals surface area (Å²) in [5.41, 5.74) is -0.0886. The summed E-state index contributed by atoms with van der Waals surface area (Å²) in [6.07, 6.45) is -2.01. The molecule has 1 aromatic heterocycles. The third-order valence-electron chi connectivity index (χ3n) is 6.62. The SMILES string of the molecule is CCc1c(N2CCN(C(=O)OC(OC(=O)c3ccccc3)C(=O)OC(C)C)CC2)c(F)cc2c(=O)c(C(=O)O)c[nH]c12. The van der Waals surface area contributed by atoms with Crippen molar-refractivity contribution < 1.29 is 42.9 Å². The summed E-state index contributed by atoms with van der Waals surface area (Å²) >= 11 is 0. The van der Waals surface area contributed by atoms with E-state index in [9.17, 15) is 29.1 Å². The number of fused-ring (bicyclic) bond motifs is 1. The van der Waals surface area contributed by atoms with E-state index in [1.807, 2.05) is 0 Å². The van der Waals surface area contributed by atoms with Crippen molar-refractivity contribution in [1.29, 1.82) is 0 Å². The number of pyridine rings is 1. The summed E-state index contributed by atoms with van der Waals surface area (Å²) in [4.78, 5) is 67.9. The summed E-state index contributed by atoms with van der Waals surface area (Å²) in [6.45, 7) is 5.46. The van der Waals surface area contributed by atoms with Crippen LogP contribution in [-0.2, 0) is 25.4 Å². The van der Waals surface area contributed by atoms with Crippen molar-refractivity contribution in [3.05, 3.63) is 75.3 Å². The van der Waals surface area contributed by atoms with Gasteiger partial charge in [0, 0.05) is 43.3 Å². The van der Waals surface area contributed by atoms with Crippen LogP contribution in [0.15, 0.2) is 47.4 Å². The molecule has 0 spiro atoms. The molecule has 0 saturated carbocycles. The number of hydrogen-bond donors (Lipinski definition) is 2. The largest absolute Gasteiger partial charge is 0.477 e. The van der Waals surface area contributed by atoms with Gasteiger partial charge < -0.3 is 34.1 Å². The number of carboxylic acid groups (broad SMARTS) is 1. The molecule has 1 atom stereocenters. The number of ether oxygens (including phenoxy) is 3. The second-order valence-corrected chi connectivity index (χ2v) is 9.75. The quantitative estimate of drug-likeness (QED) is 0.298. The van der Waals surface area contributed by atoms with Gasteiger partial charge in [0.1, 0.15) is 11.4 Å². The van der Waals surface area contributed by atoms with Gasteiger partial charge >= 0.3 is 30.3 Å². The van der Waals surface area contributed by atoms with Gasteiger partial charge in [-0.05, 0) is 38.5 Å². The Hall–Kier alpha value is -4.94. The molecule has 222 valence electrons. The van der Waals surface area contributed by atoms with Crippen LogP contribution in [0.25, 0.3) is 10.9 Å². The van der Waals surface area contributed by atoms with Crippen LogP contribution in [0, 0.1) is 5.82 Å². The standard InChI is InChI=1S/C29H30FN3O9/c1-4-18-22-19(24(34)20(15-31-22)25(35)36)14-21(30)23(18)32-10-12-33(13-11-32)29(39)42-28(27(38)40-16(2)3)41-26(37)17-8-6-5-7-9-17/h5-9,14-16,28H,4,10-13H2,1-3H3,(H,31,34)(H,35,36). The van der Waals surface area contributed by atoms with Crippen molar-refractivity contribution in [2.24, 2.45) is 0 Å². The lowest BCUT2D eigenvalue weighted by Gasteiger charge is -2.37. The minimum Gasteiger partial charge on any atom is -0.477 e. The van der Waals surface area contributed by atoms with E-state index in [1.54, 1.807) is 43.9 Å². The molecule has 0 aliphatic carbocycles. The zero-order valence-corrected chi connectivity index (χ0v) is 23.2. The Morgan fingerprint density at radius 1 is 1.02 bits per heavy atom. The first-order valence-corrected chi connectivity index (χ1v) is 13.3. The fourth-order valence-electron chi connectivity index (χ4n) is 4.66. The van der Waals surface area contributed by atoms with Gasteiger partial charge in [-0.1, -0.05) is 25.1 Å².